The van der Waals surface area contributed by atoms with Crippen LogP contribution >= 0.6 is 23.2 Å². The van der Waals surface area contributed by atoms with Crippen LogP contribution in [0.1, 0.15) is 54.6 Å². The number of hydrogen-bond acceptors (Lipinski definition) is 4. The molecule has 4 nitrogen and oxygen atoms in total. The Hall–Kier alpha value is -2.14. The maximum atomic E-state index is 6.08. The monoisotopic (exact) mass is 455 g/mol. The van der Waals surface area contributed by atoms with Gasteiger partial charge in [-0.05, 0) is 81.1 Å². The SMILES string of the molecule is CN(C)C(c1ccc(Cl)cc1)C1CCC(=Cc2nc(Cc3ccc(Cl)cc3)no2)CC1. The second-order valence-electron chi connectivity index (χ2n) is 8.45. The van der Waals surface area contributed by atoms with E-state index in [-0.39, 0.29) is 0 Å². The summed E-state index contributed by atoms with van der Waals surface area (Å²) >= 11 is 12.0. The normalized spacial score (nSPS) is 17.7. The van der Waals surface area contributed by atoms with E-state index in [0.29, 0.717) is 30.1 Å². The Kier molecular flexibility index (Phi) is 7.11. The Morgan fingerprint density at radius 2 is 1.61 bits per heavy atom. The van der Waals surface area contributed by atoms with Crippen molar-refractivity contribution in [2.24, 2.45) is 5.92 Å². The maximum Gasteiger partial charge on any atom is 0.250 e. The predicted octanol–water partition coefficient (Wildman–Crippen LogP) is 6.84. The molecule has 1 fully saturated rings. The standard InChI is InChI=1S/C25H27Cl2N3O/c1-30(2)25(20-9-13-22(27)14-10-20)19-7-3-18(4-8-19)16-24-28-23(29-31-24)15-17-5-11-21(26)12-6-17/h5-6,9-14,16,19,25H,3-4,7-8,15H2,1-2H3. The van der Waals surface area contributed by atoms with Gasteiger partial charge in [0.2, 0.25) is 0 Å². The smallest absolute Gasteiger partial charge is 0.250 e. The van der Waals surface area contributed by atoms with Crippen LogP contribution in [0.25, 0.3) is 6.08 Å². The summed E-state index contributed by atoms with van der Waals surface area (Å²) in [4.78, 5) is 6.88. The fourth-order valence-corrected chi connectivity index (χ4v) is 4.73. The molecule has 0 saturated heterocycles. The van der Waals surface area contributed by atoms with Gasteiger partial charge in [-0.25, -0.2) is 0 Å². The largest absolute Gasteiger partial charge is 0.335 e. The summed E-state index contributed by atoms with van der Waals surface area (Å²) < 4.78 is 5.47. The topological polar surface area (TPSA) is 42.2 Å². The van der Waals surface area contributed by atoms with Crippen LogP contribution in [0.15, 0.2) is 58.6 Å². The van der Waals surface area contributed by atoms with E-state index in [1.807, 2.05) is 36.4 Å². The van der Waals surface area contributed by atoms with Crippen LogP contribution in [-0.2, 0) is 6.42 Å². The molecule has 0 aliphatic heterocycles. The average molecular weight is 456 g/mol. The molecule has 3 aromatic rings. The Balaban J connectivity index is 1.38. The van der Waals surface area contributed by atoms with E-state index in [0.717, 1.165) is 41.3 Å². The minimum atomic E-state index is 0.396. The van der Waals surface area contributed by atoms with Crippen molar-refractivity contribution in [3.05, 3.63) is 87.0 Å². The summed E-state index contributed by atoms with van der Waals surface area (Å²) in [5.74, 6) is 1.90. The summed E-state index contributed by atoms with van der Waals surface area (Å²) in [5, 5.41) is 5.64. The Morgan fingerprint density at radius 3 is 2.23 bits per heavy atom. The zero-order valence-corrected chi connectivity index (χ0v) is 19.4. The summed E-state index contributed by atoms with van der Waals surface area (Å²) in [6.07, 6.45) is 7.10. The van der Waals surface area contributed by atoms with Gasteiger partial charge in [0.1, 0.15) is 0 Å². The summed E-state index contributed by atoms with van der Waals surface area (Å²) in [7, 11) is 4.32. The molecule has 0 N–H and O–H groups in total. The summed E-state index contributed by atoms with van der Waals surface area (Å²) in [5.41, 5.74) is 3.82. The number of benzene rings is 2. The summed E-state index contributed by atoms with van der Waals surface area (Å²) in [6, 6.07) is 16.4. The van der Waals surface area contributed by atoms with Crippen molar-refractivity contribution in [1.82, 2.24) is 15.0 Å². The van der Waals surface area contributed by atoms with Gasteiger partial charge in [0.05, 0.1) is 0 Å². The van der Waals surface area contributed by atoms with Gasteiger partial charge in [-0.2, -0.15) is 4.98 Å². The second-order valence-corrected chi connectivity index (χ2v) is 9.32. The molecule has 1 unspecified atom stereocenters. The lowest BCUT2D eigenvalue weighted by Crippen LogP contribution is -2.29. The fraction of sp³-hybridized carbons (Fsp3) is 0.360. The highest BCUT2D eigenvalue weighted by Gasteiger charge is 2.28. The Morgan fingerprint density at radius 1 is 1.00 bits per heavy atom. The number of allylic oxidation sites excluding steroid dienone is 1. The van der Waals surface area contributed by atoms with E-state index in [2.05, 4.69) is 47.3 Å². The molecule has 1 aliphatic rings. The van der Waals surface area contributed by atoms with E-state index in [1.54, 1.807) is 0 Å². The van der Waals surface area contributed by atoms with Crippen molar-refractivity contribution in [1.29, 1.82) is 0 Å². The average Bonchev–Trinajstić information content (AvgIpc) is 3.19. The van der Waals surface area contributed by atoms with Crippen LogP contribution in [-0.4, -0.2) is 29.1 Å². The van der Waals surface area contributed by atoms with Gasteiger partial charge in [0.15, 0.2) is 5.82 Å². The molecule has 162 valence electrons. The minimum absolute atomic E-state index is 0.396. The lowest BCUT2D eigenvalue weighted by atomic mass is 9.78. The van der Waals surface area contributed by atoms with E-state index in [1.165, 1.54) is 11.1 Å². The number of nitrogens with zero attached hydrogens (tertiary/aromatic N) is 3. The minimum Gasteiger partial charge on any atom is -0.335 e. The van der Waals surface area contributed by atoms with Crippen molar-refractivity contribution in [3.63, 3.8) is 0 Å². The third-order valence-corrected chi connectivity index (χ3v) is 6.48. The van der Waals surface area contributed by atoms with Crippen LogP contribution in [0.5, 0.6) is 0 Å². The molecule has 0 spiro atoms. The Bertz CT molecular complexity index is 1020. The van der Waals surface area contributed by atoms with Gasteiger partial charge in [0.25, 0.3) is 5.89 Å². The third-order valence-electron chi connectivity index (χ3n) is 5.97. The quantitative estimate of drug-likeness (QED) is 0.407. The predicted molar refractivity (Wildman–Crippen MR) is 126 cm³/mol. The number of rotatable bonds is 6. The molecular weight excluding hydrogens is 429 g/mol. The molecule has 1 heterocycles. The molecule has 1 atom stereocenters. The number of halogens is 2. The van der Waals surface area contributed by atoms with Gasteiger partial charge < -0.3 is 9.42 Å². The molecule has 6 heteroatoms. The van der Waals surface area contributed by atoms with Crippen molar-refractivity contribution < 1.29 is 4.52 Å². The lowest BCUT2D eigenvalue weighted by Gasteiger charge is -2.36. The zero-order valence-electron chi connectivity index (χ0n) is 17.9. The first-order valence-corrected chi connectivity index (χ1v) is 11.4. The third kappa shape index (κ3) is 5.76. The molecular formula is C25H27Cl2N3O. The van der Waals surface area contributed by atoms with E-state index in [9.17, 15) is 0 Å². The van der Waals surface area contributed by atoms with Gasteiger partial charge in [0, 0.05) is 28.6 Å². The molecule has 0 bridgehead atoms. The highest BCUT2D eigenvalue weighted by molar-refractivity contribution is 6.30. The van der Waals surface area contributed by atoms with Crippen LogP contribution in [0, 0.1) is 5.92 Å². The number of aromatic nitrogens is 2. The highest BCUT2D eigenvalue weighted by Crippen LogP contribution is 2.39. The van der Waals surface area contributed by atoms with Crippen LogP contribution in [0.3, 0.4) is 0 Å². The van der Waals surface area contributed by atoms with Crippen molar-refractivity contribution in [3.8, 4) is 0 Å². The molecule has 1 saturated carbocycles. The summed E-state index contributed by atoms with van der Waals surface area (Å²) in [6.45, 7) is 0. The first-order chi connectivity index (χ1) is 15.0. The van der Waals surface area contributed by atoms with Crippen molar-refractivity contribution >= 4 is 29.3 Å². The van der Waals surface area contributed by atoms with Crippen LogP contribution in [0.2, 0.25) is 10.0 Å². The zero-order chi connectivity index (χ0) is 21.8. The first-order valence-electron chi connectivity index (χ1n) is 10.7. The molecule has 0 amide bonds. The molecule has 0 radical (unpaired) electrons. The maximum absolute atomic E-state index is 6.08. The second kappa shape index (κ2) is 9.99. The van der Waals surface area contributed by atoms with Crippen molar-refractivity contribution in [2.45, 2.75) is 38.1 Å². The fourth-order valence-electron chi connectivity index (χ4n) is 4.48. The lowest BCUT2D eigenvalue weighted by molar-refractivity contribution is 0.184. The van der Waals surface area contributed by atoms with Gasteiger partial charge in [-0.15, -0.1) is 0 Å². The molecule has 31 heavy (non-hydrogen) atoms. The highest BCUT2D eigenvalue weighted by atomic mass is 35.5. The van der Waals surface area contributed by atoms with Crippen LogP contribution in [0.4, 0.5) is 0 Å². The molecule has 1 aliphatic carbocycles. The van der Waals surface area contributed by atoms with Gasteiger partial charge in [-0.1, -0.05) is 58.2 Å². The molecule has 4 rings (SSSR count). The van der Waals surface area contributed by atoms with E-state index in [4.69, 9.17) is 27.7 Å². The van der Waals surface area contributed by atoms with Gasteiger partial charge >= 0.3 is 0 Å². The number of hydrogen-bond donors (Lipinski definition) is 0. The molecule has 1 aromatic heterocycles. The first kappa shape index (κ1) is 22.1. The van der Waals surface area contributed by atoms with E-state index < -0.39 is 0 Å². The Labute approximate surface area is 193 Å². The molecule has 2 aromatic carbocycles. The van der Waals surface area contributed by atoms with Crippen molar-refractivity contribution in [2.75, 3.05) is 14.1 Å². The van der Waals surface area contributed by atoms with E-state index >= 15 is 0 Å². The van der Waals surface area contributed by atoms with Gasteiger partial charge in [-0.3, -0.25) is 0 Å². The van der Waals surface area contributed by atoms with Crippen LogP contribution < -0.4 is 0 Å².